The van der Waals surface area contributed by atoms with Crippen molar-refractivity contribution in [3.8, 4) is 0 Å². The summed E-state index contributed by atoms with van der Waals surface area (Å²) in [5.74, 6) is -1.29. The monoisotopic (exact) mass is 424 g/mol. The molecule has 1 heterocycles. The van der Waals surface area contributed by atoms with E-state index < -0.39 is 11.8 Å². The Bertz CT molecular complexity index is 906. The van der Waals surface area contributed by atoms with Gasteiger partial charge < -0.3 is 20.3 Å². The smallest absolute Gasteiger partial charge is 0.313 e. The normalized spacial score (nSPS) is 15.2. The van der Waals surface area contributed by atoms with E-state index in [0.29, 0.717) is 25.4 Å². The van der Waals surface area contributed by atoms with Crippen molar-refractivity contribution in [1.82, 2.24) is 10.2 Å². The predicted molar refractivity (Wildman–Crippen MR) is 123 cm³/mol. The number of nitrogens with one attached hydrogen (secondary N) is 2. The summed E-state index contributed by atoms with van der Waals surface area (Å²) in [6.45, 7) is 7.13. The van der Waals surface area contributed by atoms with Gasteiger partial charge in [0.25, 0.3) is 0 Å². The van der Waals surface area contributed by atoms with Crippen molar-refractivity contribution in [2.75, 3.05) is 57.2 Å². The number of morpholine rings is 1. The summed E-state index contributed by atoms with van der Waals surface area (Å²) in [7, 11) is 4.01. The van der Waals surface area contributed by atoms with Gasteiger partial charge in [0.1, 0.15) is 0 Å². The van der Waals surface area contributed by atoms with Crippen molar-refractivity contribution in [3.63, 3.8) is 0 Å². The number of hydrogen-bond donors (Lipinski definition) is 2. The third kappa shape index (κ3) is 6.06. The van der Waals surface area contributed by atoms with Crippen molar-refractivity contribution in [3.05, 3.63) is 59.2 Å². The van der Waals surface area contributed by atoms with Crippen molar-refractivity contribution in [1.29, 1.82) is 0 Å². The van der Waals surface area contributed by atoms with Gasteiger partial charge in [-0.1, -0.05) is 29.8 Å². The number of aryl methyl sites for hydroxylation is 2. The number of carbonyl (C=O) groups excluding carboxylic acids is 2. The van der Waals surface area contributed by atoms with Gasteiger partial charge in [0, 0.05) is 45.1 Å². The molecule has 1 saturated heterocycles. The average molecular weight is 425 g/mol. The topological polar surface area (TPSA) is 73.9 Å². The Balaban J connectivity index is 1.67. The minimum absolute atomic E-state index is 0.0297. The minimum atomic E-state index is -0.657. The standard InChI is InChI=1S/C24H32N4O3/c1-17-5-10-21(18(2)15-17)26-24(30)23(29)25-16-22(28-11-13-31-14-12-28)19-6-8-20(9-7-19)27(3)4/h5-10,15,22H,11-14,16H2,1-4H3,(H,25,29)(H,26,30)/t22-/m1/s1. The van der Waals surface area contributed by atoms with E-state index in [1.165, 1.54) is 0 Å². The molecule has 1 atom stereocenters. The first-order chi connectivity index (χ1) is 14.8. The highest BCUT2D eigenvalue weighted by Crippen LogP contribution is 2.24. The van der Waals surface area contributed by atoms with Gasteiger partial charge in [-0.25, -0.2) is 0 Å². The van der Waals surface area contributed by atoms with Gasteiger partial charge in [-0.15, -0.1) is 0 Å². The molecular weight excluding hydrogens is 392 g/mol. The van der Waals surface area contributed by atoms with Gasteiger partial charge in [-0.2, -0.15) is 0 Å². The van der Waals surface area contributed by atoms with E-state index in [1.54, 1.807) is 0 Å². The van der Waals surface area contributed by atoms with Crippen LogP contribution in [0, 0.1) is 13.8 Å². The number of amides is 2. The Hall–Kier alpha value is -2.90. The SMILES string of the molecule is Cc1ccc(NC(=O)C(=O)NC[C@H](c2ccc(N(C)C)cc2)N2CCOCC2)c(C)c1. The molecule has 0 aliphatic carbocycles. The molecule has 0 spiro atoms. The van der Waals surface area contributed by atoms with Crippen molar-refractivity contribution in [2.24, 2.45) is 0 Å². The van der Waals surface area contributed by atoms with Crippen LogP contribution in [-0.4, -0.2) is 63.7 Å². The Labute approximate surface area is 184 Å². The van der Waals surface area contributed by atoms with E-state index in [-0.39, 0.29) is 6.04 Å². The highest BCUT2D eigenvalue weighted by atomic mass is 16.5. The lowest BCUT2D eigenvalue weighted by atomic mass is 10.0. The maximum absolute atomic E-state index is 12.5. The molecule has 2 N–H and O–H groups in total. The molecule has 7 heteroatoms. The van der Waals surface area contributed by atoms with E-state index in [0.717, 1.165) is 35.5 Å². The van der Waals surface area contributed by atoms with Crippen LogP contribution in [0.1, 0.15) is 22.7 Å². The fourth-order valence-electron chi connectivity index (χ4n) is 3.74. The highest BCUT2D eigenvalue weighted by Gasteiger charge is 2.24. The second-order valence-corrected chi connectivity index (χ2v) is 8.13. The maximum Gasteiger partial charge on any atom is 0.313 e. The lowest BCUT2D eigenvalue weighted by Crippen LogP contribution is -2.45. The molecule has 0 saturated carbocycles. The van der Waals surface area contributed by atoms with E-state index in [9.17, 15) is 9.59 Å². The van der Waals surface area contributed by atoms with Crippen LogP contribution in [-0.2, 0) is 14.3 Å². The predicted octanol–water partition coefficient (Wildman–Crippen LogP) is 2.50. The van der Waals surface area contributed by atoms with Gasteiger partial charge >= 0.3 is 11.8 Å². The lowest BCUT2D eigenvalue weighted by Gasteiger charge is -2.35. The van der Waals surface area contributed by atoms with Crippen LogP contribution in [0.25, 0.3) is 0 Å². The summed E-state index contributed by atoms with van der Waals surface area (Å²) in [5, 5.41) is 5.53. The lowest BCUT2D eigenvalue weighted by molar-refractivity contribution is -0.136. The average Bonchev–Trinajstić information content (AvgIpc) is 2.76. The van der Waals surface area contributed by atoms with Crippen LogP contribution in [0.2, 0.25) is 0 Å². The number of benzene rings is 2. The minimum Gasteiger partial charge on any atom is -0.379 e. The second kappa shape index (κ2) is 10.4. The number of carbonyl (C=O) groups is 2. The first-order valence-corrected chi connectivity index (χ1v) is 10.6. The molecule has 0 unspecified atom stereocenters. The third-order valence-corrected chi connectivity index (χ3v) is 5.57. The van der Waals surface area contributed by atoms with Crippen LogP contribution in [0.3, 0.4) is 0 Å². The van der Waals surface area contributed by atoms with E-state index in [2.05, 4.69) is 39.8 Å². The first kappa shape index (κ1) is 22.8. The first-order valence-electron chi connectivity index (χ1n) is 10.6. The van der Waals surface area contributed by atoms with Crippen LogP contribution in [0.5, 0.6) is 0 Å². The number of anilines is 2. The van der Waals surface area contributed by atoms with E-state index >= 15 is 0 Å². The summed E-state index contributed by atoms with van der Waals surface area (Å²) >= 11 is 0. The van der Waals surface area contributed by atoms with Crippen LogP contribution in [0.15, 0.2) is 42.5 Å². The molecule has 0 bridgehead atoms. The van der Waals surface area contributed by atoms with Crippen molar-refractivity contribution >= 4 is 23.2 Å². The van der Waals surface area contributed by atoms with E-state index in [1.807, 2.05) is 51.0 Å². The van der Waals surface area contributed by atoms with Crippen molar-refractivity contribution in [2.45, 2.75) is 19.9 Å². The highest BCUT2D eigenvalue weighted by molar-refractivity contribution is 6.39. The molecule has 0 radical (unpaired) electrons. The number of rotatable bonds is 6. The molecule has 2 aromatic rings. The van der Waals surface area contributed by atoms with Crippen LogP contribution < -0.4 is 15.5 Å². The molecule has 1 aliphatic heterocycles. The molecule has 0 aromatic heterocycles. The zero-order valence-electron chi connectivity index (χ0n) is 18.8. The zero-order chi connectivity index (χ0) is 22.4. The third-order valence-electron chi connectivity index (χ3n) is 5.57. The van der Waals surface area contributed by atoms with E-state index in [4.69, 9.17) is 4.74 Å². The molecular formula is C24H32N4O3. The molecule has 31 heavy (non-hydrogen) atoms. The van der Waals surface area contributed by atoms with Gasteiger partial charge in [0.2, 0.25) is 0 Å². The Morgan fingerprint density at radius 2 is 1.71 bits per heavy atom. The number of ether oxygens (including phenoxy) is 1. The van der Waals surface area contributed by atoms with Gasteiger partial charge in [-0.05, 0) is 43.2 Å². The Kier molecular flexibility index (Phi) is 7.65. The zero-order valence-corrected chi connectivity index (χ0v) is 18.8. The van der Waals surface area contributed by atoms with Crippen LogP contribution in [0.4, 0.5) is 11.4 Å². The molecule has 7 nitrogen and oxygen atoms in total. The molecule has 166 valence electrons. The summed E-state index contributed by atoms with van der Waals surface area (Å²) in [6, 6.07) is 14.0. The summed E-state index contributed by atoms with van der Waals surface area (Å²) in [5.41, 5.74) is 4.89. The van der Waals surface area contributed by atoms with Crippen molar-refractivity contribution < 1.29 is 14.3 Å². The Morgan fingerprint density at radius 3 is 2.32 bits per heavy atom. The number of nitrogens with zero attached hydrogens (tertiary/aromatic N) is 2. The number of hydrogen-bond acceptors (Lipinski definition) is 5. The molecule has 1 fully saturated rings. The van der Waals surface area contributed by atoms with Crippen LogP contribution >= 0.6 is 0 Å². The van der Waals surface area contributed by atoms with Gasteiger partial charge in [-0.3, -0.25) is 14.5 Å². The largest absolute Gasteiger partial charge is 0.379 e. The Morgan fingerprint density at radius 1 is 1.03 bits per heavy atom. The fraction of sp³-hybridized carbons (Fsp3) is 0.417. The second-order valence-electron chi connectivity index (χ2n) is 8.13. The van der Waals surface area contributed by atoms with Gasteiger partial charge in [0.15, 0.2) is 0 Å². The quantitative estimate of drug-likeness (QED) is 0.697. The summed E-state index contributed by atoms with van der Waals surface area (Å²) < 4.78 is 5.49. The molecule has 2 amide bonds. The maximum atomic E-state index is 12.5. The summed E-state index contributed by atoms with van der Waals surface area (Å²) in [6.07, 6.45) is 0. The molecule has 2 aromatic carbocycles. The molecule has 1 aliphatic rings. The molecule has 3 rings (SSSR count). The fourth-order valence-corrected chi connectivity index (χ4v) is 3.74. The van der Waals surface area contributed by atoms with Gasteiger partial charge in [0.05, 0.1) is 19.3 Å². The summed E-state index contributed by atoms with van der Waals surface area (Å²) in [4.78, 5) is 29.3.